The van der Waals surface area contributed by atoms with Gasteiger partial charge in [0.2, 0.25) is 5.91 Å². The molecule has 1 amide bonds. The summed E-state index contributed by atoms with van der Waals surface area (Å²) in [5, 5.41) is 6.39. The number of rotatable bonds is 3. The predicted molar refractivity (Wildman–Crippen MR) is 110 cm³/mol. The van der Waals surface area contributed by atoms with E-state index in [1.807, 2.05) is 26.1 Å². The number of hydrogen-bond acceptors (Lipinski definition) is 5. The van der Waals surface area contributed by atoms with E-state index in [1.165, 1.54) is 18.1 Å². The van der Waals surface area contributed by atoms with Crippen LogP contribution in [0.15, 0.2) is 58.6 Å². The number of para-hydroxylation sites is 1. The van der Waals surface area contributed by atoms with Gasteiger partial charge in [-0.25, -0.2) is 0 Å². The van der Waals surface area contributed by atoms with Crippen LogP contribution < -0.4 is 10.6 Å². The van der Waals surface area contributed by atoms with Gasteiger partial charge >= 0.3 is 0 Å². The SMILES string of the molecule is C/C=C(\C=C1/CN=C(Nc2c(C)cccc2C)C2=CN(C)CN21)NC(C)=O. The number of anilines is 1. The molecule has 2 aliphatic rings. The maximum Gasteiger partial charge on any atom is 0.221 e. The largest absolute Gasteiger partial charge is 0.361 e. The van der Waals surface area contributed by atoms with Gasteiger partial charge < -0.3 is 20.4 Å². The molecule has 2 heterocycles. The van der Waals surface area contributed by atoms with E-state index in [2.05, 4.69) is 58.7 Å². The van der Waals surface area contributed by atoms with Crippen LogP contribution in [0.25, 0.3) is 0 Å². The first kappa shape index (κ1) is 18.8. The van der Waals surface area contributed by atoms with Gasteiger partial charge in [0.05, 0.1) is 13.2 Å². The van der Waals surface area contributed by atoms with E-state index in [1.54, 1.807) is 0 Å². The zero-order valence-electron chi connectivity index (χ0n) is 16.6. The van der Waals surface area contributed by atoms with Crippen molar-refractivity contribution in [2.24, 2.45) is 4.99 Å². The number of nitrogens with one attached hydrogen (secondary N) is 2. The molecule has 1 aromatic rings. The lowest BCUT2D eigenvalue weighted by molar-refractivity contribution is -0.118. The van der Waals surface area contributed by atoms with Crippen molar-refractivity contribution in [2.75, 3.05) is 25.6 Å². The van der Waals surface area contributed by atoms with Crippen molar-refractivity contribution < 1.29 is 4.79 Å². The summed E-state index contributed by atoms with van der Waals surface area (Å²) in [5.74, 6) is 0.793. The monoisotopic (exact) mass is 365 g/mol. The molecular formula is C21H27N5O. The summed E-state index contributed by atoms with van der Waals surface area (Å²) >= 11 is 0. The molecule has 6 nitrogen and oxygen atoms in total. The molecule has 6 heteroatoms. The van der Waals surface area contributed by atoms with E-state index in [9.17, 15) is 4.79 Å². The fourth-order valence-corrected chi connectivity index (χ4v) is 3.31. The van der Waals surface area contributed by atoms with Crippen molar-refractivity contribution in [3.05, 3.63) is 64.8 Å². The van der Waals surface area contributed by atoms with Gasteiger partial charge in [-0.1, -0.05) is 24.3 Å². The van der Waals surface area contributed by atoms with Crippen molar-refractivity contribution in [3.8, 4) is 0 Å². The highest BCUT2D eigenvalue weighted by molar-refractivity contribution is 6.09. The minimum Gasteiger partial charge on any atom is -0.361 e. The van der Waals surface area contributed by atoms with Gasteiger partial charge in [-0.15, -0.1) is 0 Å². The highest BCUT2D eigenvalue weighted by atomic mass is 16.1. The van der Waals surface area contributed by atoms with E-state index in [0.717, 1.165) is 35.3 Å². The Hall–Kier alpha value is -3.02. The normalized spacial score (nSPS) is 18.3. The molecule has 0 unspecified atom stereocenters. The highest BCUT2D eigenvalue weighted by Crippen LogP contribution is 2.29. The molecule has 3 rings (SSSR count). The lowest BCUT2D eigenvalue weighted by Crippen LogP contribution is -2.35. The average Bonchev–Trinajstić information content (AvgIpc) is 3.00. The fraction of sp³-hybridized carbons (Fsp3) is 0.333. The quantitative estimate of drug-likeness (QED) is 0.864. The Morgan fingerprint density at radius 3 is 2.59 bits per heavy atom. The smallest absolute Gasteiger partial charge is 0.221 e. The van der Waals surface area contributed by atoms with Crippen LogP contribution in [0.2, 0.25) is 0 Å². The number of hydrogen-bond donors (Lipinski definition) is 2. The lowest BCUT2D eigenvalue weighted by atomic mass is 10.1. The Kier molecular flexibility index (Phi) is 5.35. The Morgan fingerprint density at radius 1 is 1.26 bits per heavy atom. The maximum absolute atomic E-state index is 11.4. The standard InChI is InChI=1S/C21H27N5O/c1-6-17(23-16(4)27)10-18-11-22-21(19-12-25(5)13-26(18)19)24-20-14(2)8-7-9-15(20)3/h6-10,12H,11,13H2,1-5H3,(H,22,24)(H,23,27)/b17-6+,18-10+. The Labute approximate surface area is 161 Å². The molecule has 0 saturated carbocycles. The molecule has 0 radical (unpaired) electrons. The molecule has 1 aromatic carbocycles. The molecule has 0 fully saturated rings. The van der Waals surface area contributed by atoms with Gasteiger partial charge in [-0.05, 0) is 38.0 Å². The van der Waals surface area contributed by atoms with Gasteiger partial charge in [0.15, 0.2) is 5.84 Å². The third-order valence-corrected chi connectivity index (χ3v) is 4.66. The number of amidine groups is 1. The second kappa shape index (κ2) is 7.70. The minimum atomic E-state index is -0.0778. The van der Waals surface area contributed by atoms with Gasteiger partial charge in [0.25, 0.3) is 0 Å². The Balaban J connectivity index is 1.92. The molecule has 27 heavy (non-hydrogen) atoms. The number of aliphatic imine (C=N–C) groups is 1. The van der Waals surface area contributed by atoms with Crippen LogP contribution in [0.1, 0.15) is 25.0 Å². The van der Waals surface area contributed by atoms with Crippen molar-refractivity contribution in [1.82, 2.24) is 15.1 Å². The highest BCUT2D eigenvalue weighted by Gasteiger charge is 2.29. The zero-order chi connectivity index (χ0) is 19.6. The number of carbonyl (C=O) groups excluding carboxylic acids is 1. The van der Waals surface area contributed by atoms with Crippen molar-refractivity contribution in [2.45, 2.75) is 27.7 Å². The summed E-state index contributed by atoms with van der Waals surface area (Å²) < 4.78 is 0. The summed E-state index contributed by atoms with van der Waals surface area (Å²) in [7, 11) is 2.05. The molecule has 142 valence electrons. The van der Waals surface area contributed by atoms with Gasteiger partial charge in [-0.3, -0.25) is 9.79 Å². The molecule has 2 aliphatic heterocycles. The molecule has 0 aliphatic carbocycles. The Morgan fingerprint density at radius 2 is 1.96 bits per heavy atom. The third-order valence-electron chi connectivity index (χ3n) is 4.66. The van der Waals surface area contributed by atoms with Crippen LogP contribution in [0.4, 0.5) is 5.69 Å². The van der Waals surface area contributed by atoms with Gasteiger partial charge in [-0.2, -0.15) is 0 Å². The third kappa shape index (κ3) is 4.05. The van der Waals surface area contributed by atoms with Crippen molar-refractivity contribution >= 4 is 17.4 Å². The van der Waals surface area contributed by atoms with E-state index in [4.69, 9.17) is 4.99 Å². The second-order valence-electron chi connectivity index (χ2n) is 6.96. The summed E-state index contributed by atoms with van der Waals surface area (Å²) in [6, 6.07) is 6.26. The van der Waals surface area contributed by atoms with Crippen LogP contribution in [0.3, 0.4) is 0 Å². The number of nitrogens with zero attached hydrogens (tertiary/aromatic N) is 3. The number of benzene rings is 1. The predicted octanol–water partition coefficient (Wildman–Crippen LogP) is 3.10. The Bertz CT molecular complexity index is 858. The number of fused-ring (bicyclic) bond motifs is 1. The summed E-state index contributed by atoms with van der Waals surface area (Å²) in [6.45, 7) is 8.93. The first-order valence-corrected chi connectivity index (χ1v) is 9.11. The van der Waals surface area contributed by atoms with E-state index < -0.39 is 0 Å². The number of amides is 1. The van der Waals surface area contributed by atoms with E-state index in [-0.39, 0.29) is 5.91 Å². The van der Waals surface area contributed by atoms with Gasteiger partial charge in [0, 0.05) is 37.3 Å². The van der Waals surface area contributed by atoms with Crippen LogP contribution in [0, 0.1) is 13.8 Å². The fourth-order valence-electron chi connectivity index (χ4n) is 3.31. The molecule has 0 spiro atoms. The van der Waals surface area contributed by atoms with E-state index >= 15 is 0 Å². The van der Waals surface area contributed by atoms with E-state index in [0.29, 0.717) is 6.54 Å². The molecule has 0 aromatic heterocycles. The maximum atomic E-state index is 11.4. The first-order chi connectivity index (χ1) is 12.9. The molecule has 0 bridgehead atoms. The average molecular weight is 365 g/mol. The lowest BCUT2D eigenvalue weighted by Gasteiger charge is -2.30. The van der Waals surface area contributed by atoms with Crippen LogP contribution >= 0.6 is 0 Å². The first-order valence-electron chi connectivity index (χ1n) is 9.11. The van der Waals surface area contributed by atoms with Gasteiger partial charge in [0.1, 0.15) is 5.70 Å². The molecule has 0 atom stereocenters. The summed E-state index contributed by atoms with van der Waals surface area (Å²) in [6.07, 6.45) is 5.99. The topological polar surface area (TPSA) is 60.0 Å². The zero-order valence-corrected chi connectivity index (χ0v) is 16.6. The molecule has 2 N–H and O–H groups in total. The molecule has 0 saturated heterocycles. The molecular weight excluding hydrogens is 338 g/mol. The second-order valence-corrected chi connectivity index (χ2v) is 6.96. The summed E-state index contributed by atoms with van der Waals surface area (Å²) in [5.41, 5.74) is 6.37. The number of aryl methyl sites for hydroxylation is 2. The van der Waals surface area contributed by atoms with Crippen molar-refractivity contribution in [3.63, 3.8) is 0 Å². The van der Waals surface area contributed by atoms with Crippen LogP contribution in [-0.4, -0.2) is 41.8 Å². The minimum absolute atomic E-state index is 0.0778. The summed E-state index contributed by atoms with van der Waals surface area (Å²) in [4.78, 5) is 20.6. The van der Waals surface area contributed by atoms with Crippen LogP contribution in [0.5, 0.6) is 0 Å². The van der Waals surface area contributed by atoms with Crippen LogP contribution in [-0.2, 0) is 4.79 Å². The number of carbonyl (C=O) groups is 1. The van der Waals surface area contributed by atoms with Crippen molar-refractivity contribution in [1.29, 1.82) is 0 Å². The number of allylic oxidation sites excluding steroid dienone is 2.